The molecule has 0 amide bonds. The van der Waals surface area contributed by atoms with Gasteiger partial charge in [0.15, 0.2) is 5.58 Å². The van der Waals surface area contributed by atoms with E-state index in [9.17, 15) is 4.79 Å². The Morgan fingerprint density at radius 1 is 1.21 bits per heavy atom. The van der Waals surface area contributed by atoms with Crippen molar-refractivity contribution in [2.24, 2.45) is 0 Å². The predicted octanol–water partition coefficient (Wildman–Crippen LogP) is 4.10. The fourth-order valence-electron chi connectivity index (χ4n) is 1.84. The molecule has 94 valence electrons. The molecule has 0 spiro atoms. The Kier molecular flexibility index (Phi) is 3.09. The van der Waals surface area contributed by atoms with E-state index in [0.717, 1.165) is 27.8 Å². The topological polar surface area (TPSA) is 43.1 Å². The van der Waals surface area contributed by atoms with Crippen molar-refractivity contribution >= 4 is 29.1 Å². The summed E-state index contributed by atoms with van der Waals surface area (Å²) in [5, 5.41) is 0.611. The molecule has 0 bridgehead atoms. The quantitative estimate of drug-likeness (QED) is 0.671. The highest BCUT2D eigenvalue weighted by Gasteiger charge is 2.07. The Morgan fingerprint density at radius 3 is 2.79 bits per heavy atom. The van der Waals surface area contributed by atoms with Crippen LogP contribution in [0, 0.1) is 6.92 Å². The fraction of sp³-hybridized carbons (Fsp3) is 0.0667. The zero-order valence-corrected chi connectivity index (χ0v) is 11.1. The SMILES string of the molecule is Cc1cc(Sc2nc3ccccc3o2)ccc1C=O. The molecule has 0 unspecified atom stereocenters. The highest BCUT2D eigenvalue weighted by atomic mass is 32.2. The number of para-hydroxylation sites is 2. The van der Waals surface area contributed by atoms with Gasteiger partial charge in [-0.05, 0) is 48.5 Å². The van der Waals surface area contributed by atoms with Gasteiger partial charge in [0, 0.05) is 10.5 Å². The highest BCUT2D eigenvalue weighted by molar-refractivity contribution is 7.99. The van der Waals surface area contributed by atoms with Crippen LogP contribution in [0.2, 0.25) is 0 Å². The van der Waals surface area contributed by atoms with Crippen LogP contribution in [0.3, 0.4) is 0 Å². The van der Waals surface area contributed by atoms with Gasteiger partial charge in [0.25, 0.3) is 5.22 Å². The molecule has 3 aromatic rings. The van der Waals surface area contributed by atoms with E-state index in [0.29, 0.717) is 10.8 Å². The molecule has 0 fully saturated rings. The maximum absolute atomic E-state index is 10.8. The van der Waals surface area contributed by atoms with Gasteiger partial charge in [0.2, 0.25) is 0 Å². The zero-order chi connectivity index (χ0) is 13.2. The van der Waals surface area contributed by atoms with E-state index in [1.165, 1.54) is 11.8 Å². The molecule has 0 radical (unpaired) electrons. The van der Waals surface area contributed by atoms with E-state index in [1.807, 2.05) is 49.4 Å². The second-order valence-electron chi connectivity index (χ2n) is 4.19. The molecule has 0 aliphatic rings. The molecule has 0 N–H and O–H groups in total. The third-order valence-electron chi connectivity index (χ3n) is 2.85. The molecule has 2 aromatic carbocycles. The Morgan fingerprint density at radius 2 is 2.05 bits per heavy atom. The minimum atomic E-state index is 0.611. The normalized spacial score (nSPS) is 10.8. The maximum atomic E-state index is 10.8. The summed E-state index contributed by atoms with van der Waals surface area (Å²) in [4.78, 5) is 16.2. The number of hydrogen-bond acceptors (Lipinski definition) is 4. The van der Waals surface area contributed by atoms with Crippen LogP contribution in [-0.4, -0.2) is 11.3 Å². The molecule has 0 aliphatic carbocycles. The number of nitrogens with zero attached hydrogens (tertiary/aromatic N) is 1. The molecule has 0 atom stereocenters. The van der Waals surface area contributed by atoms with Crippen molar-refractivity contribution < 1.29 is 9.21 Å². The Labute approximate surface area is 114 Å². The summed E-state index contributed by atoms with van der Waals surface area (Å²) in [6, 6.07) is 13.3. The molecular weight excluding hydrogens is 258 g/mol. The molecule has 3 rings (SSSR count). The second kappa shape index (κ2) is 4.90. The van der Waals surface area contributed by atoms with Crippen LogP contribution in [0.25, 0.3) is 11.1 Å². The van der Waals surface area contributed by atoms with E-state index in [2.05, 4.69) is 4.98 Å². The van der Waals surface area contributed by atoms with Crippen LogP contribution in [0.4, 0.5) is 0 Å². The van der Waals surface area contributed by atoms with Crippen molar-refractivity contribution in [1.29, 1.82) is 0 Å². The minimum absolute atomic E-state index is 0.611. The largest absolute Gasteiger partial charge is 0.431 e. The van der Waals surface area contributed by atoms with E-state index >= 15 is 0 Å². The number of benzene rings is 2. The first kappa shape index (κ1) is 12.0. The minimum Gasteiger partial charge on any atom is -0.431 e. The van der Waals surface area contributed by atoms with Crippen LogP contribution in [0.15, 0.2) is 57.0 Å². The van der Waals surface area contributed by atoms with E-state index < -0.39 is 0 Å². The molecule has 0 aliphatic heterocycles. The molecule has 4 heteroatoms. The number of aryl methyl sites for hydroxylation is 1. The number of rotatable bonds is 3. The van der Waals surface area contributed by atoms with Gasteiger partial charge >= 0.3 is 0 Å². The Hall–Kier alpha value is -2.07. The summed E-state index contributed by atoms with van der Waals surface area (Å²) >= 11 is 1.45. The van der Waals surface area contributed by atoms with Gasteiger partial charge in [-0.2, -0.15) is 0 Å². The van der Waals surface area contributed by atoms with Gasteiger partial charge < -0.3 is 4.42 Å². The molecule has 3 nitrogen and oxygen atoms in total. The van der Waals surface area contributed by atoms with Gasteiger partial charge in [-0.15, -0.1) is 0 Å². The first-order valence-electron chi connectivity index (χ1n) is 5.85. The first-order valence-corrected chi connectivity index (χ1v) is 6.67. The number of oxazole rings is 1. The smallest absolute Gasteiger partial charge is 0.261 e. The third kappa shape index (κ3) is 2.39. The first-order chi connectivity index (χ1) is 9.26. The molecule has 1 heterocycles. The lowest BCUT2D eigenvalue weighted by atomic mass is 10.1. The van der Waals surface area contributed by atoms with Gasteiger partial charge in [-0.1, -0.05) is 18.2 Å². The van der Waals surface area contributed by atoms with Crippen molar-refractivity contribution in [3.63, 3.8) is 0 Å². The van der Waals surface area contributed by atoms with E-state index in [-0.39, 0.29) is 0 Å². The molecule has 19 heavy (non-hydrogen) atoms. The number of fused-ring (bicyclic) bond motifs is 1. The standard InChI is InChI=1S/C15H11NO2S/c1-10-8-12(7-6-11(10)9-17)19-15-16-13-4-2-3-5-14(13)18-15/h2-9H,1H3. The molecule has 0 saturated carbocycles. The lowest BCUT2D eigenvalue weighted by molar-refractivity contribution is 0.112. The van der Waals surface area contributed by atoms with Crippen molar-refractivity contribution in [2.45, 2.75) is 17.0 Å². The average Bonchev–Trinajstić information content (AvgIpc) is 2.81. The number of aromatic nitrogens is 1. The van der Waals surface area contributed by atoms with Crippen LogP contribution in [0.1, 0.15) is 15.9 Å². The van der Waals surface area contributed by atoms with Crippen LogP contribution < -0.4 is 0 Å². The lowest BCUT2D eigenvalue weighted by Crippen LogP contribution is -1.85. The van der Waals surface area contributed by atoms with Crippen LogP contribution >= 0.6 is 11.8 Å². The summed E-state index contributed by atoms with van der Waals surface area (Å²) < 4.78 is 5.65. The summed E-state index contributed by atoms with van der Waals surface area (Å²) in [5.74, 6) is 0. The Bertz CT molecular complexity index is 716. The van der Waals surface area contributed by atoms with Crippen LogP contribution in [-0.2, 0) is 0 Å². The van der Waals surface area contributed by atoms with Gasteiger partial charge in [-0.3, -0.25) is 4.79 Å². The van der Waals surface area contributed by atoms with E-state index in [1.54, 1.807) is 0 Å². The highest BCUT2D eigenvalue weighted by Crippen LogP contribution is 2.30. The summed E-state index contributed by atoms with van der Waals surface area (Å²) in [5.41, 5.74) is 3.30. The van der Waals surface area contributed by atoms with Gasteiger partial charge in [0.05, 0.1) is 0 Å². The molecule has 0 saturated heterocycles. The number of carbonyl (C=O) groups is 1. The van der Waals surface area contributed by atoms with Crippen molar-refractivity contribution in [3.05, 3.63) is 53.6 Å². The number of aldehydes is 1. The number of hydrogen-bond donors (Lipinski definition) is 0. The fourth-order valence-corrected chi connectivity index (χ4v) is 2.69. The summed E-state index contributed by atoms with van der Waals surface area (Å²) in [6.07, 6.45) is 0.864. The Balaban J connectivity index is 1.92. The molecule has 1 aromatic heterocycles. The van der Waals surface area contributed by atoms with Gasteiger partial charge in [0.1, 0.15) is 11.8 Å². The average molecular weight is 269 g/mol. The second-order valence-corrected chi connectivity index (χ2v) is 5.21. The summed E-state index contributed by atoms with van der Waals surface area (Å²) in [6.45, 7) is 1.92. The van der Waals surface area contributed by atoms with Crippen LogP contribution in [0.5, 0.6) is 0 Å². The predicted molar refractivity (Wildman–Crippen MR) is 74.7 cm³/mol. The van der Waals surface area contributed by atoms with Crippen molar-refractivity contribution in [1.82, 2.24) is 4.98 Å². The van der Waals surface area contributed by atoms with E-state index in [4.69, 9.17) is 4.42 Å². The number of carbonyl (C=O) groups excluding carboxylic acids is 1. The maximum Gasteiger partial charge on any atom is 0.261 e. The lowest BCUT2D eigenvalue weighted by Gasteiger charge is -2.01. The molecular formula is C15H11NO2S. The van der Waals surface area contributed by atoms with Crippen molar-refractivity contribution in [3.8, 4) is 0 Å². The summed E-state index contributed by atoms with van der Waals surface area (Å²) in [7, 11) is 0. The monoisotopic (exact) mass is 269 g/mol. The third-order valence-corrected chi connectivity index (χ3v) is 3.69. The van der Waals surface area contributed by atoms with Crippen molar-refractivity contribution in [2.75, 3.05) is 0 Å². The zero-order valence-electron chi connectivity index (χ0n) is 10.3. The van der Waals surface area contributed by atoms with Gasteiger partial charge in [-0.25, -0.2) is 4.98 Å².